The zero-order valence-electron chi connectivity index (χ0n) is 16.6. The van der Waals surface area contributed by atoms with E-state index in [9.17, 15) is 4.79 Å². The third-order valence-corrected chi connectivity index (χ3v) is 4.96. The Balaban J connectivity index is 1.55. The standard InChI is InChI=1S/C23H29NO4/c1-26-20-10-11-23(28-17-19-8-4-2-5-9-19)21(16-20)22(25)18-27-15-14-24-12-6-3-7-13-24/h2,4-5,8-11,16H,3,6-7,12-15,17-18H2,1H3. The number of nitrogens with zero attached hydrogens (tertiary/aromatic N) is 1. The van der Waals surface area contributed by atoms with Gasteiger partial charge in [-0.25, -0.2) is 0 Å². The average molecular weight is 383 g/mol. The number of carbonyl (C=O) groups is 1. The number of methoxy groups -OCH3 is 1. The molecule has 0 unspecified atom stereocenters. The number of ketones is 1. The summed E-state index contributed by atoms with van der Waals surface area (Å²) in [5, 5.41) is 0. The third kappa shape index (κ3) is 6.08. The average Bonchev–Trinajstić information content (AvgIpc) is 2.76. The minimum absolute atomic E-state index is 0.0443. The summed E-state index contributed by atoms with van der Waals surface area (Å²) in [5.74, 6) is 1.08. The van der Waals surface area contributed by atoms with Crippen molar-refractivity contribution in [2.75, 3.05) is 40.0 Å². The van der Waals surface area contributed by atoms with Crippen molar-refractivity contribution < 1.29 is 19.0 Å². The van der Waals surface area contributed by atoms with Crippen LogP contribution < -0.4 is 9.47 Å². The number of likely N-dealkylation sites (tertiary alicyclic amines) is 1. The SMILES string of the molecule is COc1ccc(OCc2ccccc2)c(C(=O)COCCN2CCCCC2)c1. The Kier molecular flexibility index (Phi) is 7.88. The predicted octanol–water partition coefficient (Wildman–Crippen LogP) is 3.96. The van der Waals surface area contributed by atoms with Gasteiger partial charge in [0.15, 0.2) is 5.78 Å². The highest BCUT2D eigenvalue weighted by molar-refractivity contribution is 6.00. The summed E-state index contributed by atoms with van der Waals surface area (Å²) in [6.45, 7) is 4.15. The molecule has 3 rings (SSSR count). The number of hydrogen-bond donors (Lipinski definition) is 0. The molecule has 2 aromatic carbocycles. The first-order valence-electron chi connectivity index (χ1n) is 9.94. The number of rotatable bonds is 10. The van der Waals surface area contributed by atoms with Crippen LogP contribution in [0.5, 0.6) is 11.5 Å². The second-order valence-electron chi connectivity index (χ2n) is 7.01. The summed E-state index contributed by atoms with van der Waals surface area (Å²) >= 11 is 0. The van der Waals surface area contributed by atoms with Crippen molar-refractivity contribution in [1.82, 2.24) is 4.90 Å². The van der Waals surface area contributed by atoms with E-state index in [1.54, 1.807) is 25.3 Å². The molecule has 1 heterocycles. The van der Waals surface area contributed by atoms with E-state index in [-0.39, 0.29) is 12.4 Å². The molecule has 5 nitrogen and oxygen atoms in total. The van der Waals surface area contributed by atoms with Crippen molar-refractivity contribution >= 4 is 5.78 Å². The minimum Gasteiger partial charge on any atom is -0.497 e. The maximum Gasteiger partial charge on any atom is 0.192 e. The lowest BCUT2D eigenvalue weighted by Gasteiger charge is -2.26. The summed E-state index contributed by atoms with van der Waals surface area (Å²) in [5.41, 5.74) is 1.54. The van der Waals surface area contributed by atoms with Gasteiger partial charge in [0.2, 0.25) is 0 Å². The molecule has 0 amide bonds. The molecule has 0 radical (unpaired) electrons. The van der Waals surface area contributed by atoms with Crippen LogP contribution in [0.4, 0.5) is 0 Å². The maximum absolute atomic E-state index is 12.7. The van der Waals surface area contributed by atoms with Gasteiger partial charge in [0.25, 0.3) is 0 Å². The zero-order valence-corrected chi connectivity index (χ0v) is 16.6. The molecule has 0 spiro atoms. The van der Waals surface area contributed by atoms with E-state index >= 15 is 0 Å². The van der Waals surface area contributed by atoms with E-state index in [4.69, 9.17) is 14.2 Å². The minimum atomic E-state index is -0.0967. The Labute approximate surface area is 167 Å². The van der Waals surface area contributed by atoms with Crippen LogP contribution in [-0.4, -0.2) is 50.6 Å². The van der Waals surface area contributed by atoms with Crippen molar-refractivity contribution in [3.05, 3.63) is 59.7 Å². The van der Waals surface area contributed by atoms with Crippen molar-refractivity contribution in [3.8, 4) is 11.5 Å². The molecular formula is C23H29NO4. The van der Waals surface area contributed by atoms with Gasteiger partial charge < -0.3 is 19.1 Å². The Morgan fingerprint density at radius 1 is 1.04 bits per heavy atom. The predicted molar refractivity (Wildman–Crippen MR) is 109 cm³/mol. The Hall–Kier alpha value is -2.37. The fourth-order valence-corrected chi connectivity index (χ4v) is 3.33. The highest BCUT2D eigenvalue weighted by atomic mass is 16.5. The zero-order chi connectivity index (χ0) is 19.6. The van der Waals surface area contributed by atoms with E-state index < -0.39 is 0 Å². The van der Waals surface area contributed by atoms with Crippen LogP contribution >= 0.6 is 0 Å². The molecule has 0 atom stereocenters. The van der Waals surface area contributed by atoms with Crippen LogP contribution in [0.3, 0.4) is 0 Å². The molecule has 150 valence electrons. The van der Waals surface area contributed by atoms with Crippen LogP contribution in [0.2, 0.25) is 0 Å². The largest absolute Gasteiger partial charge is 0.497 e. The molecule has 2 aromatic rings. The Morgan fingerprint density at radius 3 is 2.57 bits per heavy atom. The molecular weight excluding hydrogens is 354 g/mol. The summed E-state index contributed by atoms with van der Waals surface area (Å²) in [4.78, 5) is 15.1. The third-order valence-electron chi connectivity index (χ3n) is 4.96. The molecule has 1 aliphatic heterocycles. The lowest BCUT2D eigenvalue weighted by Crippen LogP contribution is -2.33. The lowest BCUT2D eigenvalue weighted by atomic mass is 10.1. The molecule has 0 bridgehead atoms. The van der Waals surface area contributed by atoms with E-state index in [0.717, 1.165) is 25.2 Å². The lowest BCUT2D eigenvalue weighted by molar-refractivity contribution is 0.0679. The molecule has 0 saturated carbocycles. The molecule has 5 heteroatoms. The summed E-state index contributed by atoms with van der Waals surface area (Å²) < 4.78 is 16.8. The van der Waals surface area contributed by atoms with Crippen LogP contribution in [0.1, 0.15) is 35.2 Å². The molecule has 28 heavy (non-hydrogen) atoms. The first-order chi connectivity index (χ1) is 13.8. The van der Waals surface area contributed by atoms with Gasteiger partial charge in [0, 0.05) is 6.54 Å². The van der Waals surface area contributed by atoms with Crippen LogP contribution in [0.25, 0.3) is 0 Å². The molecule has 1 aliphatic rings. The topological polar surface area (TPSA) is 48.0 Å². The fourth-order valence-electron chi connectivity index (χ4n) is 3.33. The van der Waals surface area contributed by atoms with Gasteiger partial charge in [-0.3, -0.25) is 4.79 Å². The summed E-state index contributed by atoms with van der Waals surface area (Å²) in [6.07, 6.45) is 3.83. The Morgan fingerprint density at radius 2 is 1.82 bits per heavy atom. The van der Waals surface area contributed by atoms with E-state index in [1.807, 2.05) is 30.3 Å². The number of hydrogen-bond acceptors (Lipinski definition) is 5. The summed E-state index contributed by atoms with van der Waals surface area (Å²) in [6, 6.07) is 15.2. The molecule has 0 N–H and O–H groups in total. The van der Waals surface area contributed by atoms with E-state index in [1.165, 1.54) is 19.3 Å². The normalized spacial score (nSPS) is 14.6. The highest BCUT2D eigenvalue weighted by Gasteiger charge is 2.15. The van der Waals surface area contributed by atoms with Gasteiger partial charge in [0.1, 0.15) is 24.7 Å². The maximum atomic E-state index is 12.7. The number of ether oxygens (including phenoxy) is 3. The number of carbonyl (C=O) groups excluding carboxylic acids is 1. The first kappa shape index (κ1) is 20.4. The quantitative estimate of drug-likeness (QED) is 0.459. The summed E-state index contributed by atoms with van der Waals surface area (Å²) in [7, 11) is 1.59. The fraction of sp³-hybridized carbons (Fsp3) is 0.435. The monoisotopic (exact) mass is 383 g/mol. The van der Waals surface area contributed by atoms with Gasteiger partial charge in [-0.2, -0.15) is 0 Å². The number of piperidine rings is 1. The molecule has 0 aromatic heterocycles. The molecule has 1 fully saturated rings. The van der Waals surface area contributed by atoms with Gasteiger partial charge in [-0.1, -0.05) is 36.8 Å². The van der Waals surface area contributed by atoms with Crippen LogP contribution in [-0.2, 0) is 11.3 Å². The first-order valence-corrected chi connectivity index (χ1v) is 9.94. The molecule has 0 aliphatic carbocycles. The van der Waals surface area contributed by atoms with Gasteiger partial charge in [0.05, 0.1) is 19.3 Å². The smallest absolute Gasteiger partial charge is 0.192 e. The van der Waals surface area contributed by atoms with Crippen molar-refractivity contribution in [1.29, 1.82) is 0 Å². The van der Waals surface area contributed by atoms with Crippen LogP contribution in [0, 0.1) is 0 Å². The van der Waals surface area contributed by atoms with Gasteiger partial charge >= 0.3 is 0 Å². The van der Waals surface area contributed by atoms with Crippen molar-refractivity contribution in [3.63, 3.8) is 0 Å². The van der Waals surface area contributed by atoms with Crippen LogP contribution in [0.15, 0.2) is 48.5 Å². The van der Waals surface area contributed by atoms with Crippen molar-refractivity contribution in [2.45, 2.75) is 25.9 Å². The van der Waals surface area contributed by atoms with Gasteiger partial charge in [-0.15, -0.1) is 0 Å². The van der Waals surface area contributed by atoms with Gasteiger partial charge in [-0.05, 0) is 49.7 Å². The highest BCUT2D eigenvalue weighted by Crippen LogP contribution is 2.25. The Bertz CT molecular complexity index is 742. The number of Topliss-reactive ketones (excluding diaryl/α,β-unsaturated/α-hetero) is 1. The van der Waals surface area contributed by atoms with E-state index in [2.05, 4.69) is 4.90 Å². The van der Waals surface area contributed by atoms with Crippen molar-refractivity contribution in [2.24, 2.45) is 0 Å². The second-order valence-corrected chi connectivity index (χ2v) is 7.01. The molecule has 1 saturated heterocycles. The van der Waals surface area contributed by atoms with E-state index in [0.29, 0.717) is 30.3 Å². The second kappa shape index (κ2) is 10.8. The number of benzene rings is 2.